The smallest absolute Gasteiger partial charge is 0.134 e. The van der Waals surface area contributed by atoms with Crippen LogP contribution in [0.3, 0.4) is 0 Å². The van der Waals surface area contributed by atoms with Crippen LogP contribution >= 0.6 is 0 Å². The third kappa shape index (κ3) is 1.56. The molecule has 1 aliphatic rings. The number of hydrogen-bond acceptors (Lipinski definition) is 2. The Kier molecular flexibility index (Phi) is 2.67. The van der Waals surface area contributed by atoms with Crippen LogP contribution in [0.25, 0.3) is 21.8 Å². The molecule has 0 amide bonds. The van der Waals surface area contributed by atoms with Gasteiger partial charge in [0.15, 0.2) is 0 Å². The molecule has 3 aromatic rings. The van der Waals surface area contributed by atoms with E-state index < -0.39 is 0 Å². The summed E-state index contributed by atoms with van der Waals surface area (Å²) in [6.45, 7) is 5.05. The molecule has 0 saturated heterocycles. The van der Waals surface area contributed by atoms with E-state index in [2.05, 4.69) is 47.9 Å². The lowest BCUT2D eigenvalue weighted by atomic mass is 10.1. The first kappa shape index (κ1) is 11.8. The SMILES string of the molecule is CCn1c2ccccc2c2c3c(ccc21)COCCO3. The molecule has 102 valence electrons. The monoisotopic (exact) mass is 267 g/mol. The van der Waals surface area contributed by atoms with Crippen LogP contribution in [0.4, 0.5) is 0 Å². The number of aromatic nitrogens is 1. The van der Waals surface area contributed by atoms with E-state index >= 15 is 0 Å². The first-order valence-corrected chi connectivity index (χ1v) is 7.13. The van der Waals surface area contributed by atoms with Gasteiger partial charge in [0.05, 0.1) is 18.7 Å². The van der Waals surface area contributed by atoms with E-state index in [4.69, 9.17) is 9.47 Å². The zero-order valence-corrected chi connectivity index (χ0v) is 11.6. The number of ether oxygens (including phenoxy) is 2. The van der Waals surface area contributed by atoms with Crippen molar-refractivity contribution in [3.8, 4) is 5.75 Å². The molecular formula is C17H17NO2. The van der Waals surface area contributed by atoms with Crippen LogP contribution in [0, 0.1) is 0 Å². The molecular weight excluding hydrogens is 250 g/mol. The van der Waals surface area contributed by atoms with Gasteiger partial charge in [-0.2, -0.15) is 0 Å². The molecule has 0 fully saturated rings. The van der Waals surface area contributed by atoms with Crippen LogP contribution < -0.4 is 4.74 Å². The van der Waals surface area contributed by atoms with E-state index in [1.54, 1.807) is 0 Å². The molecule has 2 aromatic carbocycles. The quantitative estimate of drug-likeness (QED) is 0.670. The van der Waals surface area contributed by atoms with Gasteiger partial charge in [-0.1, -0.05) is 24.3 Å². The summed E-state index contributed by atoms with van der Waals surface area (Å²) < 4.78 is 13.9. The van der Waals surface area contributed by atoms with E-state index in [9.17, 15) is 0 Å². The standard InChI is InChI=1S/C17H17NO2/c1-2-18-14-6-4-3-5-13(14)16-15(18)8-7-12-11-19-9-10-20-17(12)16/h3-8H,2,9-11H2,1H3. The first-order chi connectivity index (χ1) is 9.90. The van der Waals surface area contributed by atoms with E-state index in [0.29, 0.717) is 19.8 Å². The third-order valence-electron chi connectivity index (χ3n) is 4.02. The maximum Gasteiger partial charge on any atom is 0.134 e. The van der Waals surface area contributed by atoms with Crippen molar-refractivity contribution in [2.24, 2.45) is 0 Å². The highest BCUT2D eigenvalue weighted by atomic mass is 16.5. The second-order valence-corrected chi connectivity index (χ2v) is 5.11. The van der Waals surface area contributed by atoms with Crippen molar-refractivity contribution in [2.75, 3.05) is 13.2 Å². The molecule has 3 heteroatoms. The lowest BCUT2D eigenvalue weighted by Crippen LogP contribution is -2.01. The fourth-order valence-electron chi connectivity index (χ4n) is 3.15. The van der Waals surface area contributed by atoms with Crippen LogP contribution in [0.5, 0.6) is 5.75 Å². The fourth-order valence-corrected chi connectivity index (χ4v) is 3.15. The molecule has 0 bridgehead atoms. The molecule has 1 aromatic heterocycles. The molecule has 20 heavy (non-hydrogen) atoms. The Hall–Kier alpha value is -2.00. The average Bonchev–Trinajstić information content (AvgIpc) is 2.64. The van der Waals surface area contributed by atoms with Crippen LogP contribution in [-0.4, -0.2) is 17.8 Å². The molecule has 0 atom stereocenters. The normalized spacial score (nSPS) is 15.1. The Bertz CT molecular complexity index is 788. The van der Waals surface area contributed by atoms with E-state index in [1.807, 2.05) is 0 Å². The molecule has 4 rings (SSSR count). The molecule has 0 unspecified atom stereocenters. The van der Waals surface area contributed by atoms with Gasteiger partial charge in [0.1, 0.15) is 12.4 Å². The van der Waals surface area contributed by atoms with E-state index in [1.165, 1.54) is 21.8 Å². The summed E-state index contributed by atoms with van der Waals surface area (Å²) in [6.07, 6.45) is 0. The second kappa shape index (κ2) is 4.53. The van der Waals surface area contributed by atoms with Crippen LogP contribution in [0.2, 0.25) is 0 Å². The minimum absolute atomic E-state index is 0.623. The third-order valence-corrected chi connectivity index (χ3v) is 4.02. The number of fused-ring (bicyclic) bond motifs is 5. The molecule has 2 heterocycles. The summed E-state index contributed by atoms with van der Waals surface area (Å²) in [4.78, 5) is 0. The maximum atomic E-state index is 5.99. The van der Waals surface area contributed by atoms with E-state index in [0.717, 1.165) is 17.9 Å². The van der Waals surface area contributed by atoms with Crippen molar-refractivity contribution in [3.05, 3.63) is 42.0 Å². The fraction of sp³-hybridized carbons (Fsp3) is 0.294. The Morgan fingerprint density at radius 1 is 1.05 bits per heavy atom. The Morgan fingerprint density at radius 2 is 1.95 bits per heavy atom. The predicted molar refractivity (Wildman–Crippen MR) is 80.3 cm³/mol. The maximum absolute atomic E-state index is 5.99. The topological polar surface area (TPSA) is 23.4 Å². The second-order valence-electron chi connectivity index (χ2n) is 5.11. The van der Waals surface area contributed by atoms with Gasteiger partial charge >= 0.3 is 0 Å². The van der Waals surface area contributed by atoms with Crippen molar-refractivity contribution in [3.63, 3.8) is 0 Å². The molecule has 3 nitrogen and oxygen atoms in total. The molecule has 0 radical (unpaired) electrons. The summed E-state index contributed by atoms with van der Waals surface area (Å²) in [5, 5.41) is 2.49. The Labute approximate surface area is 117 Å². The largest absolute Gasteiger partial charge is 0.490 e. The molecule has 0 N–H and O–H groups in total. The Morgan fingerprint density at radius 3 is 2.85 bits per heavy atom. The number of aryl methyl sites for hydroxylation is 1. The van der Waals surface area contributed by atoms with Crippen molar-refractivity contribution >= 4 is 21.8 Å². The number of hydrogen-bond donors (Lipinski definition) is 0. The van der Waals surface area contributed by atoms with E-state index in [-0.39, 0.29) is 0 Å². The highest BCUT2D eigenvalue weighted by Gasteiger charge is 2.18. The highest BCUT2D eigenvalue weighted by Crippen LogP contribution is 2.38. The van der Waals surface area contributed by atoms with Crippen LogP contribution in [-0.2, 0) is 17.9 Å². The number of para-hydroxylation sites is 1. The van der Waals surface area contributed by atoms with Crippen molar-refractivity contribution in [2.45, 2.75) is 20.1 Å². The highest BCUT2D eigenvalue weighted by molar-refractivity contribution is 6.11. The number of benzene rings is 2. The summed E-state index contributed by atoms with van der Waals surface area (Å²) in [6, 6.07) is 12.9. The zero-order valence-electron chi connectivity index (χ0n) is 11.6. The number of rotatable bonds is 1. The van der Waals surface area contributed by atoms with Gasteiger partial charge in [0.25, 0.3) is 0 Å². The molecule has 0 aliphatic carbocycles. The summed E-state index contributed by atoms with van der Waals surface area (Å²) >= 11 is 0. The van der Waals surface area contributed by atoms with Crippen LogP contribution in [0.15, 0.2) is 36.4 Å². The minimum Gasteiger partial charge on any atom is -0.490 e. The van der Waals surface area contributed by atoms with Crippen molar-refractivity contribution in [1.29, 1.82) is 0 Å². The average molecular weight is 267 g/mol. The van der Waals surface area contributed by atoms with Gasteiger partial charge in [0.2, 0.25) is 0 Å². The van der Waals surface area contributed by atoms with Gasteiger partial charge in [-0.25, -0.2) is 0 Å². The summed E-state index contributed by atoms with van der Waals surface area (Å²) in [5.41, 5.74) is 3.66. The van der Waals surface area contributed by atoms with Gasteiger partial charge in [-0.15, -0.1) is 0 Å². The summed E-state index contributed by atoms with van der Waals surface area (Å²) in [7, 11) is 0. The lowest BCUT2D eigenvalue weighted by molar-refractivity contribution is 0.107. The summed E-state index contributed by atoms with van der Waals surface area (Å²) in [5.74, 6) is 1.00. The van der Waals surface area contributed by atoms with Gasteiger partial charge in [-0.05, 0) is 19.1 Å². The van der Waals surface area contributed by atoms with Gasteiger partial charge in [-0.3, -0.25) is 0 Å². The van der Waals surface area contributed by atoms with Crippen molar-refractivity contribution in [1.82, 2.24) is 4.57 Å². The minimum atomic E-state index is 0.623. The Balaban J connectivity index is 2.17. The predicted octanol–water partition coefficient (Wildman–Crippen LogP) is 3.72. The molecule has 0 saturated carbocycles. The van der Waals surface area contributed by atoms with Gasteiger partial charge < -0.3 is 14.0 Å². The lowest BCUT2D eigenvalue weighted by Gasteiger charge is -2.09. The van der Waals surface area contributed by atoms with Crippen molar-refractivity contribution < 1.29 is 9.47 Å². The van der Waals surface area contributed by atoms with Crippen LogP contribution in [0.1, 0.15) is 12.5 Å². The molecule has 1 aliphatic heterocycles. The van der Waals surface area contributed by atoms with Gasteiger partial charge in [0, 0.05) is 28.4 Å². The zero-order chi connectivity index (χ0) is 13.5. The number of nitrogens with zero attached hydrogens (tertiary/aromatic N) is 1. The molecule has 0 spiro atoms. The first-order valence-electron chi connectivity index (χ1n) is 7.13.